The average molecular weight is 179 g/mol. The van der Waals surface area contributed by atoms with Gasteiger partial charge in [-0.1, -0.05) is 0 Å². The normalized spacial score (nSPS) is 10.5. The van der Waals surface area contributed by atoms with Crippen molar-refractivity contribution in [3.8, 4) is 5.88 Å². The molecule has 6 nitrogen and oxygen atoms in total. The van der Waals surface area contributed by atoms with Gasteiger partial charge in [-0.3, -0.25) is 0 Å². The van der Waals surface area contributed by atoms with E-state index in [1.54, 1.807) is 12.3 Å². The minimum atomic E-state index is 0.338. The number of fused-ring (bicyclic) bond motifs is 1. The van der Waals surface area contributed by atoms with Crippen LogP contribution in [0.5, 0.6) is 5.88 Å². The van der Waals surface area contributed by atoms with Crippen molar-refractivity contribution >= 4 is 17.2 Å². The highest BCUT2D eigenvalue weighted by atomic mass is 16.5. The maximum Gasteiger partial charge on any atom is 0.258 e. The van der Waals surface area contributed by atoms with Gasteiger partial charge in [-0.15, -0.1) is 5.10 Å². The molecule has 2 heterocycles. The zero-order valence-electron chi connectivity index (χ0n) is 7.06. The van der Waals surface area contributed by atoms with Crippen molar-refractivity contribution in [1.82, 2.24) is 14.6 Å². The van der Waals surface area contributed by atoms with Crippen LogP contribution in [0.1, 0.15) is 0 Å². The Balaban J connectivity index is 2.83. The van der Waals surface area contributed by atoms with Gasteiger partial charge in [0, 0.05) is 6.20 Å². The summed E-state index contributed by atoms with van der Waals surface area (Å²) in [5.41, 5.74) is 12.2. The number of hydrogen-bond donors (Lipinski definition) is 2. The fourth-order valence-electron chi connectivity index (χ4n) is 1.11. The number of nitrogens with zero attached hydrogens (tertiary/aromatic N) is 3. The molecule has 4 N–H and O–H groups in total. The van der Waals surface area contributed by atoms with Crippen LogP contribution in [0.4, 0.5) is 11.5 Å². The lowest BCUT2D eigenvalue weighted by molar-refractivity contribution is 0.397. The van der Waals surface area contributed by atoms with Gasteiger partial charge in [0.05, 0.1) is 7.11 Å². The molecule has 2 rings (SSSR count). The van der Waals surface area contributed by atoms with E-state index in [1.807, 2.05) is 0 Å². The summed E-state index contributed by atoms with van der Waals surface area (Å²) in [5.74, 6) is 0.811. The number of rotatable bonds is 1. The largest absolute Gasteiger partial charge is 0.478 e. The van der Waals surface area contributed by atoms with Crippen LogP contribution in [-0.4, -0.2) is 21.7 Å². The van der Waals surface area contributed by atoms with Crippen LogP contribution in [0.2, 0.25) is 0 Å². The molecule has 0 aliphatic rings. The van der Waals surface area contributed by atoms with E-state index >= 15 is 0 Å². The second-order valence-corrected chi connectivity index (χ2v) is 2.53. The van der Waals surface area contributed by atoms with E-state index in [9.17, 15) is 0 Å². The van der Waals surface area contributed by atoms with Crippen molar-refractivity contribution < 1.29 is 4.74 Å². The molecule has 0 saturated carbocycles. The third kappa shape index (κ3) is 0.952. The summed E-state index contributed by atoms with van der Waals surface area (Å²) in [6, 6.07) is 1.64. The summed E-state index contributed by atoms with van der Waals surface area (Å²) in [7, 11) is 1.49. The molecule has 0 saturated heterocycles. The Hall–Kier alpha value is -1.98. The predicted molar refractivity (Wildman–Crippen MR) is 48.4 cm³/mol. The van der Waals surface area contributed by atoms with Crippen LogP contribution in [0.25, 0.3) is 5.65 Å². The van der Waals surface area contributed by atoms with Gasteiger partial charge < -0.3 is 16.2 Å². The quantitative estimate of drug-likeness (QED) is 0.638. The molecule has 0 fully saturated rings. The summed E-state index contributed by atoms with van der Waals surface area (Å²) in [6.07, 6.45) is 1.57. The Morgan fingerprint density at radius 3 is 2.85 bits per heavy atom. The van der Waals surface area contributed by atoms with Crippen LogP contribution >= 0.6 is 0 Å². The number of hydrogen-bond acceptors (Lipinski definition) is 5. The number of nitrogen functional groups attached to an aromatic ring is 2. The second kappa shape index (κ2) is 2.51. The highest BCUT2D eigenvalue weighted by Crippen LogP contribution is 2.24. The summed E-state index contributed by atoms with van der Waals surface area (Å²) in [6.45, 7) is 0. The van der Waals surface area contributed by atoms with Gasteiger partial charge >= 0.3 is 0 Å². The first kappa shape index (κ1) is 7.66. The van der Waals surface area contributed by atoms with E-state index < -0.39 is 0 Å². The number of anilines is 2. The summed E-state index contributed by atoms with van der Waals surface area (Å²) < 4.78 is 6.37. The summed E-state index contributed by atoms with van der Waals surface area (Å²) in [4.78, 5) is 4.03. The van der Waals surface area contributed by atoms with Crippen molar-refractivity contribution in [2.24, 2.45) is 0 Å². The first-order chi connectivity index (χ1) is 6.24. The molecule has 0 bridgehead atoms. The fourth-order valence-corrected chi connectivity index (χ4v) is 1.11. The van der Waals surface area contributed by atoms with Crippen LogP contribution in [0, 0.1) is 0 Å². The van der Waals surface area contributed by atoms with Gasteiger partial charge in [-0.05, 0) is 6.07 Å². The van der Waals surface area contributed by atoms with Gasteiger partial charge in [-0.25, -0.2) is 4.98 Å². The van der Waals surface area contributed by atoms with Gasteiger partial charge in [0.15, 0.2) is 5.65 Å². The molecule has 0 aromatic carbocycles. The van der Waals surface area contributed by atoms with Gasteiger partial charge in [0.1, 0.15) is 11.5 Å². The predicted octanol–water partition coefficient (Wildman–Crippen LogP) is -0.0977. The summed E-state index contributed by atoms with van der Waals surface area (Å²) in [5, 5.41) is 4.01. The minimum Gasteiger partial charge on any atom is -0.478 e. The molecule has 6 heteroatoms. The van der Waals surface area contributed by atoms with Crippen molar-refractivity contribution in [2.45, 2.75) is 0 Å². The van der Waals surface area contributed by atoms with Crippen molar-refractivity contribution in [2.75, 3.05) is 18.6 Å². The van der Waals surface area contributed by atoms with E-state index in [-0.39, 0.29) is 0 Å². The molecule has 0 atom stereocenters. The van der Waals surface area contributed by atoms with Crippen molar-refractivity contribution in [1.29, 1.82) is 0 Å². The highest BCUT2D eigenvalue weighted by molar-refractivity contribution is 5.71. The molecule has 2 aromatic rings. The SMILES string of the molecule is COc1nn2c(N)ccnc2c1N. The zero-order chi connectivity index (χ0) is 9.42. The monoisotopic (exact) mass is 179 g/mol. The van der Waals surface area contributed by atoms with E-state index in [2.05, 4.69) is 10.1 Å². The molecule has 2 aromatic heterocycles. The molecular formula is C7H9N5O. The van der Waals surface area contributed by atoms with E-state index in [0.29, 0.717) is 23.0 Å². The molecule has 0 spiro atoms. The molecule has 68 valence electrons. The van der Waals surface area contributed by atoms with E-state index in [1.165, 1.54) is 11.6 Å². The molecule has 0 radical (unpaired) electrons. The molecule has 0 amide bonds. The molecule has 0 aliphatic heterocycles. The topological polar surface area (TPSA) is 91.5 Å². The number of nitrogens with two attached hydrogens (primary N) is 2. The Labute approximate surface area is 74.1 Å². The van der Waals surface area contributed by atoms with Crippen LogP contribution in [-0.2, 0) is 0 Å². The van der Waals surface area contributed by atoms with Crippen LogP contribution in [0.15, 0.2) is 12.3 Å². The lowest BCUT2D eigenvalue weighted by Gasteiger charge is -1.94. The van der Waals surface area contributed by atoms with Crippen molar-refractivity contribution in [3.63, 3.8) is 0 Å². The summed E-state index contributed by atoms with van der Waals surface area (Å²) >= 11 is 0. The average Bonchev–Trinajstić information content (AvgIpc) is 2.45. The van der Waals surface area contributed by atoms with Gasteiger partial charge in [0.25, 0.3) is 5.88 Å². The molecule has 0 aliphatic carbocycles. The van der Waals surface area contributed by atoms with E-state index in [0.717, 1.165) is 0 Å². The molecule has 13 heavy (non-hydrogen) atoms. The number of methoxy groups -OCH3 is 1. The lowest BCUT2D eigenvalue weighted by Crippen LogP contribution is -1.99. The Morgan fingerprint density at radius 2 is 2.23 bits per heavy atom. The van der Waals surface area contributed by atoms with Crippen LogP contribution < -0.4 is 16.2 Å². The van der Waals surface area contributed by atoms with E-state index in [4.69, 9.17) is 16.2 Å². The maximum atomic E-state index is 5.69. The minimum absolute atomic E-state index is 0.338. The fraction of sp³-hybridized carbons (Fsp3) is 0.143. The number of aromatic nitrogens is 3. The van der Waals surface area contributed by atoms with Crippen LogP contribution in [0.3, 0.4) is 0 Å². The Morgan fingerprint density at radius 1 is 1.46 bits per heavy atom. The lowest BCUT2D eigenvalue weighted by atomic mass is 10.5. The number of ether oxygens (including phenoxy) is 1. The third-order valence-corrected chi connectivity index (χ3v) is 1.74. The molecular weight excluding hydrogens is 170 g/mol. The van der Waals surface area contributed by atoms with Gasteiger partial charge in [-0.2, -0.15) is 4.52 Å². The second-order valence-electron chi connectivity index (χ2n) is 2.53. The third-order valence-electron chi connectivity index (χ3n) is 1.74. The Bertz CT molecular complexity index is 449. The zero-order valence-corrected chi connectivity index (χ0v) is 7.06. The standard InChI is InChI=1S/C7H9N5O/c1-13-7-5(9)6-10-3-2-4(8)12(6)11-7/h2-3H,8-9H2,1H3. The molecule has 0 unspecified atom stereocenters. The first-order valence-electron chi connectivity index (χ1n) is 3.66. The van der Waals surface area contributed by atoms with Gasteiger partial charge in [0.2, 0.25) is 0 Å². The smallest absolute Gasteiger partial charge is 0.258 e. The highest BCUT2D eigenvalue weighted by Gasteiger charge is 2.11. The Kier molecular flexibility index (Phi) is 1.48. The maximum absolute atomic E-state index is 5.69. The van der Waals surface area contributed by atoms with Crippen molar-refractivity contribution in [3.05, 3.63) is 12.3 Å². The first-order valence-corrected chi connectivity index (χ1v) is 3.66.